The number of nitriles is 1. The topological polar surface area (TPSA) is 144 Å². The Hall–Kier alpha value is -3.96. The molecule has 0 radical (unpaired) electrons. The molecule has 7 nitrogen and oxygen atoms in total. The van der Waals surface area contributed by atoms with Crippen molar-refractivity contribution in [2.75, 3.05) is 0 Å². The van der Waals surface area contributed by atoms with Crippen molar-refractivity contribution in [3.63, 3.8) is 0 Å². The minimum Gasteiger partial charge on any atom is -0.366 e. The molecule has 0 bridgehead atoms. The lowest BCUT2D eigenvalue weighted by Gasteiger charge is -2.27. The highest BCUT2D eigenvalue weighted by Crippen LogP contribution is 2.33. The summed E-state index contributed by atoms with van der Waals surface area (Å²) in [5.41, 5.74) is 12.2. The largest absolute Gasteiger partial charge is 0.366 e. The zero-order valence-corrected chi connectivity index (χ0v) is 17.9. The van der Waals surface area contributed by atoms with E-state index >= 15 is 0 Å². The Morgan fingerprint density at radius 1 is 0.750 bits per heavy atom. The van der Waals surface area contributed by atoms with Crippen molar-refractivity contribution in [1.82, 2.24) is 0 Å². The van der Waals surface area contributed by atoms with Crippen molar-refractivity contribution >= 4 is 21.7 Å². The summed E-state index contributed by atoms with van der Waals surface area (Å²) in [4.78, 5) is 22.7. The lowest BCUT2D eigenvalue weighted by molar-refractivity contribution is 0.0992. The van der Waals surface area contributed by atoms with E-state index in [1.807, 2.05) is 0 Å². The van der Waals surface area contributed by atoms with Gasteiger partial charge in [0.15, 0.2) is 14.6 Å². The number of rotatable bonds is 8. The number of nitrogens with zero attached hydrogens (tertiary/aromatic N) is 1. The molecule has 8 heteroatoms. The first-order valence-corrected chi connectivity index (χ1v) is 11.2. The fraction of sp³-hybridized carbons (Fsp3) is 0.125. The number of amides is 2. The van der Waals surface area contributed by atoms with Crippen LogP contribution in [-0.4, -0.2) is 25.0 Å². The van der Waals surface area contributed by atoms with Gasteiger partial charge >= 0.3 is 0 Å². The highest BCUT2D eigenvalue weighted by molar-refractivity contribution is 7.93. The smallest absolute Gasteiger partial charge is 0.248 e. The molecule has 0 atom stereocenters. The summed E-state index contributed by atoms with van der Waals surface area (Å²) in [5.74, 6) is -1.20. The highest BCUT2D eigenvalue weighted by atomic mass is 32.2. The maximum Gasteiger partial charge on any atom is 0.248 e. The summed E-state index contributed by atoms with van der Waals surface area (Å²) < 4.78 is 25.5. The molecule has 0 unspecified atom stereocenters. The van der Waals surface area contributed by atoms with Gasteiger partial charge in [0, 0.05) is 24.0 Å². The monoisotopic (exact) mass is 447 g/mol. The second-order valence-electron chi connectivity index (χ2n) is 7.40. The number of benzene rings is 3. The zero-order valence-electron chi connectivity index (χ0n) is 17.1. The number of nitrogens with two attached hydrogens (primary N) is 2. The average molecular weight is 448 g/mol. The molecule has 0 aromatic heterocycles. The van der Waals surface area contributed by atoms with Crippen LogP contribution in [0.5, 0.6) is 0 Å². The third kappa shape index (κ3) is 4.53. The van der Waals surface area contributed by atoms with Crippen molar-refractivity contribution in [1.29, 1.82) is 5.26 Å². The van der Waals surface area contributed by atoms with Crippen LogP contribution < -0.4 is 11.5 Å². The van der Waals surface area contributed by atoms with Crippen LogP contribution in [0.1, 0.15) is 31.8 Å². The molecular weight excluding hydrogens is 426 g/mol. The van der Waals surface area contributed by atoms with Gasteiger partial charge in [0.05, 0.1) is 11.0 Å². The van der Waals surface area contributed by atoms with Gasteiger partial charge in [0.1, 0.15) is 0 Å². The van der Waals surface area contributed by atoms with Crippen LogP contribution in [0.15, 0.2) is 83.8 Å². The number of sulfone groups is 1. The lowest BCUT2D eigenvalue weighted by Crippen LogP contribution is -2.42. The van der Waals surface area contributed by atoms with Gasteiger partial charge < -0.3 is 11.5 Å². The molecule has 3 rings (SSSR count). The van der Waals surface area contributed by atoms with E-state index in [4.69, 9.17) is 11.5 Å². The summed E-state index contributed by atoms with van der Waals surface area (Å²) in [6.45, 7) is 0. The number of hydrogen-bond acceptors (Lipinski definition) is 5. The summed E-state index contributed by atoms with van der Waals surface area (Å²) in [5, 5.41) is 10.2. The number of carbonyl (C=O) groups is 2. The lowest BCUT2D eigenvalue weighted by atomic mass is 9.92. The SMILES string of the molecule is N#CC(Cc1ccc(C(N)=O)cc1)(Cc1ccc(C(N)=O)cc1)S(=O)(=O)c1ccccc1. The number of primary amides is 2. The van der Waals surface area contributed by atoms with Crippen molar-refractivity contribution in [3.05, 3.63) is 101 Å². The average Bonchev–Trinajstić information content (AvgIpc) is 2.79. The molecule has 0 spiro atoms. The third-order valence-corrected chi connectivity index (χ3v) is 7.53. The summed E-state index contributed by atoms with van der Waals surface area (Å²) in [7, 11) is -4.11. The van der Waals surface area contributed by atoms with Gasteiger partial charge in [0.25, 0.3) is 0 Å². The second-order valence-corrected chi connectivity index (χ2v) is 9.66. The van der Waals surface area contributed by atoms with Gasteiger partial charge in [0.2, 0.25) is 11.8 Å². The molecule has 4 N–H and O–H groups in total. The van der Waals surface area contributed by atoms with Crippen LogP contribution in [0.2, 0.25) is 0 Å². The van der Waals surface area contributed by atoms with Gasteiger partial charge in [-0.1, -0.05) is 42.5 Å². The Balaban J connectivity index is 2.09. The van der Waals surface area contributed by atoms with Crippen LogP contribution in [0.4, 0.5) is 0 Å². The molecule has 0 saturated heterocycles. The molecule has 2 amide bonds. The molecule has 3 aromatic carbocycles. The number of hydrogen-bond donors (Lipinski definition) is 2. The van der Waals surface area contributed by atoms with E-state index in [0.29, 0.717) is 11.1 Å². The van der Waals surface area contributed by atoms with Crippen molar-refractivity contribution in [2.24, 2.45) is 11.5 Å². The molecule has 0 aliphatic heterocycles. The van der Waals surface area contributed by atoms with Gasteiger partial charge in [-0.25, -0.2) is 8.42 Å². The van der Waals surface area contributed by atoms with Crippen LogP contribution in [-0.2, 0) is 22.7 Å². The van der Waals surface area contributed by atoms with Gasteiger partial charge in [-0.05, 0) is 47.5 Å². The molecule has 32 heavy (non-hydrogen) atoms. The summed E-state index contributed by atoms with van der Waals surface area (Å²) in [6.07, 6.45) is -0.227. The standard InChI is InChI=1S/C24H21N3O4S/c25-16-24(32(30,31)21-4-2-1-3-5-21,14-17-6-10-19(11-7-17)22(26)28)15-18-8-12-20(13-9-18)23(27)29/h1-13H,14-15H2,(H2,26,28)(H2,27,29). The summed E-state index contributed by atoms with van der Waals surface area (Å²) in [6, 6.07) is 22.2. The van der Waals surface area contributed by atoms with Crippen LogP contribution in [0.25, 0.3) is 0 Å². The molecule has 0 fully saturated rings. The van der Waals surface area contributed by atoms with E-state index in [-0.39, 0.29) is 28.9 Å². The van der Waals surface area contributed by atoms with E-state index in [1.54, 1.807) is 42.5 Å². The van der Waals surface area contributed by atoms with Gasteiger partial charge in [-0.15, -0.1) is 0 Å². The maximum absolute atomic E-state index is 13.7. The zero-order chi connectivity index (χ0) is 23.4. The predicted molar refractivity (Wildman–Crippen MR) is 119 cm³/mol. The van der Waals surface area contributed by atoms with E-state index in [0.717, 1.165) is 0 Å². The van der Waals surface area contributed by atoms with Crippen molar-refractivity contribution in [3.8, 4) is 6.07 Å². The fourth-order valence-electron chi connectivity index (χ4n) is 3.45. The first-order chi connectivity index (χ1) is 15.2. The molecule has 162 valence electrons. The molecular formula is C24H21N3O4S. The molecule has 0 aliphatic carbocycles. The first-order valence-electron chi connectivity index (χ1n) is 9.67. The fourth-order valence-corrected chi connectivity index (χ4v) is 5.25. The van der Waals surface area contributed by atoms with E-state index in [2.05, 4.69) is 6.07 Å². The van der Waals surface area contributed by atoms with Crippen LogP contribution in [0.3, 0.4) is 0 Å². The third-order valence-electron chi connectivity index (χ3n) is 5.23. The van der Waals surface area contributed by atoms with E-state index in [9.17, 15) is 23.3 Å². The van der Waals surface area contributed by atoms with E-state index < -0.39 is 26.4 Å². The minimum atomic E-state index is -4.11. The summed E-state index contributed by atoms with van der Waals surface area (Å²) >= 11 is 0. The highest BCUT2D eigenvalue weighted by Gasteiger charge is 2.45. The van der Waals surface area contributed by atoms with Crippen LogP contribution in [0, 0.1) is 11.3 Å². The minimum absolute atomic E-state index is 0.0315. The Morgan fingerprint density at radius 3 is 1.50 bits per heavy atom. The maximum atomic E-state index is 13.7. The van der Waals surface area contributed by atoms with Crippen molar-refractivity contribution in [2.45, 2.75) is 22.5 Å². The second kappa shape index (κ2) is 9.04. The van der Waals surface area contributed by atoms with Gasteiger partial charge in [-0.3, -0.25) is 9.59 Å². The van der Waals surface area contributed by atoms with Gasteiger partial charge in [-0.2, -0.15) is 5.26 Å². The predicted octanol–water partition coefficient (Wildman–Crippen LogP) is 2.41. The molecule has 0 aliphatic rings. The molecule has 3 aromatic rings. The molecule has 0 saturated carbocycles. The van der Waals surface area contributed by atoms with Crippen molar-refractivity contribution < 1.29 is 18.0 Å². The quantitative estimate of drug-likeness (QED) is 0.545. The Labute approximate surface area is 186 Å². The van der Waals surface area contributed by atoms with Crippen LogP contribution >= 0.6 is 0 Å². The van der Waals surface area contributed by atoms with E-state index in [1.165, 1.54) is 36.4 Å². The Kier molecular flexibility index (Phi) is 6.42. The normalized spacial score (nSPS) is 11.5. The Bertz CT molecular complexity index is 1220. The Morgan fingerprint density at radius 2 is 1.16 bits per heavy atom. The molecule has 0 heterocycles. The first kappa shape index (κ1) is 22.7. The number of carbonyl (C=O) groups excluding carboxylic acids is 2.